The van der Waals surface area contributed by atoms with Gasteiger partial charge in [0.05, 0.1) is 5.56 Å². The van der Waals surface area contributed by atoms with Gasteiger partial charge in [0.1, 0.15) is 29.4 Å². The zero-order chi connectivity index (χ0) is 24.4. The van der Waals surface area contributed by atoms with Gasteiger partial charge in [0, 0.05) is 22.5 Å². The summed E-state index contributed by atoms with van der Waals surface area (Å²) in [6.45, 7) is 2.63. The molecule has 0 spiro atoms. The number of carboxylic acid groups (broad SMARTS) is 1. The Bertz CT molecular complexity index is 1200. The van der Waals surface area contributed by atoms with Gasteiger partial charge in [-0.15, -0.1) is 0 Å². The number of carbonyl (C=O) groups is 2. The van der Waals surface area contributed by atoms with Gasteiger partial charge in [0.2, 0.25) is 0 Å². The first-order valence-corrected chi connectivity index (χ1v) is 9.88. The van der Waals surface area contributed by atoms with Crippen LogP contribution in [0.2, 0.25) is 0 Å². The second-order valence-electron chi connectivity index (χ2n) is 7.56. The largest absolute Gasteiger partial charge is 0.487 e. The number of hydrogen-bond acceptors (Lipinski definition) is 4. The lowest BCUT2D eigenvalue weighted by molar-refractivity contribution is -0.144. The monoisotopic (exact) mass is 464 g/mol. The van der Waals surface area contributed by atoms with Crippen molar-refractivity contribution in [3.63, 3.8) is 0 Å². The number of carbonyl (C=O) groups excluding carboxylic acids is 1. The normalized spacial score (nSPS) is 13.4. The van der Waals surface area contributed by atoms with E-state index in [0.29, 0.717) is 0 Å². The van der Waals surface area contributed by atoms with Crippen LogP contribution in [0.25, 0.3) is 10.8 Å². The predicted octanol–water partition coefficient (Wildman–Crippen LogP) is 4.95. The van der Waals surface area contributed by atoms with Crippen molar-refractivity contribution < 1.29 is 37.0 Å². The van der Waals surface area contributed by atoms with Crippen molar-refractivity contribution in [2.24, 2.45) is 0 Å². The van der Waals surface area contributed by atoms with Crippen molar-refractivity contribution in [1.29, 1.82) is 0 Å². The number of nitrogens with one attached hydrogen (secondary N) is 1. The number of aliphatic carboxylic acids is 1. The van der Waals surface area contributed by atoms with Gasteiger partial charge in [-0.25, -0.2) is 9.18 Å². The Hall–Kier alpha value is -3.69. The van der Waals surface area contributed by atoms with Crippen molar-refractivity contribution in [3.05, 3.63) is 71.3 Å². The van der Waals surface area contributed by atoms with Gasteiger partial charge in [-0.05, 0) is 25.5 Å². The molecule has 1 unspecified atom stereocenters. The van der Waals surface area contributed by atoms with Crippen LogP contribution in [0.1, 0.15) is 41.9 Å². The SMILES string of the molecule is CCC(C)(NC(=O)c1cc(F)c2ccccc2c1OCc1ccc(C(F)(F)F)nc1)C(=O)O. The minimum Gasteiger partial charge on any atom is -0.487 e. The second kappa shape index (κ2) is 9.05. The van der Waals surface area contributed by atoms with Crippen molar-refractivity contribution in [1.82, 2.24) is 10.3 Å². The van der Waals surface area contributed by atoms with E-state index in [0.717, 1.165) is 18.3 Å². The summed E-state index contributed by atoms with van der Waals surface area (Å²) in [6, 6.07) is 9.11. The van der Waals surface area contributed by atoms with Crippen LogP contribution in [0.3, 0.4) is 0 Å². The van der Waals surface area contributed by atoms with Crippen LogP contribution in [0.4, 0.5) is 17.6 Å². The third-order valence-electron chi connectivity index (χ3n) is 5.26. The number of benzene rings is 2. The van der Waals surface area contributed by atoms with E-state index in [9.17, 15) is 32.3 Å². The lowest BCUT2D eigenvalue weighted by Crippen LogP contribution is -2.51. The zero-order valence-corrected chi connectivity index (χ0v) is 17.7. The van der Waals surface area contributed by atoms with E-state index in [2.05, 4.69) is 10.3 Å². The molecule has 0 fully saturated rings. The first-order valence-electron chi connectivity index (χ1n) is 9.88. The van der Waals surface area contributed by atoms with Crippen LogP contribution in [0.5, 0.6) is 5.75 Å². The van der Waals surface area contributed by atoms with Crippen molar-refractivity contribution in [3.8, 4) is 5.75 Å². The Morgan fingerprint density at radius 1 is 1.12 bits per heavy atom. The number of carboxylic acids is 1. The number of aromatic nitrogens is 1. The Kier molecular flexibility index (Phi) is 6.57. The Morgan fingerprint density at radius 2 is 1.79 bits per heavy atom. The molecule has 1 aromatic heterocycles. The number of ether oxygens (including phenoxy) is 1. The fourth-order valence-electron chi connectivity index (χ4n) is 3.07. The number of hydrogen-bond donors (Lipinski definition) is 2. The summed E-state index contributed by atoms with van der Waals surface area (Å²) < 4.78 is 58.7. The van der Waals surface area contributed by atoms with E-state index < -0.39 is 35.1 Å². The molecule has 2 N–H and O–H groups in total. The molecule has 1 atom stereocenters. The first-order chi connectivity index (χ1) is 15.5. The van der Waals surface area contributed by atoms with Crippen molar-refractivity contribution in [2.45, 2.75) is 38.6 Å². The zero-order valence-electron chi connectivity index (χ0n) is 17.7. The molecule has 3 rings (SSSR count). The number of fused-ring (bicyclic) bond motifs is 1. The molecule has 1 heterocycles. The summed E-state index contributed by atoms with van der Waals surface area (Å²) in [6.07, 6.45) is -3.53. The maximum Gasteiger partial charge on any atom is 0.433 e. The fourth-order valence-corrected chi connectivity index (χ4v) is 3.07. The maximum atomic E-state index is 14.7. The molecule has 0 aliphatic carbocycles. The summed E-state index contributed by atoms with van der Waals surface area (Å²) in [5.41, 5.74) is -2.63. The summed E-state index contributed by atoms with van der Waals surface area (Å²) >= 11 is 0. The van der Waals surface area contributed by atoms with Crippen LogP contribution in [0, 0.1) is 5.82 Å². The van der Waals surface area contributed by atoms with Gasteiger partial charge in [-0.3, -0.25) is 9.78 Å². The van der Waals surface area contributed by atoms with E-state index in [1.54, 1.807) is 19.1 Å². The Morgan fingerprint density at radius 3 is 2.33 bits per heavy atom. The minimum absolute atomic E-state index is 0.0340. The molecule has 0 aliphatic rings. The number of amides is 1. The highest BCUT2D eigenvalue weighted by atomic mass is 19.4. The third kappa shape index (κ3) is 5.05. The van der Waals surface area contributed by atoms with Gasteiger partial charge in [0.15, 0.2) is 0 Å². The lowest BCUT2D eigenvalue weighted by Gasteiger charge is -2.25. The number of nitrogens with zero attached hydrogens (tertiary/aromatic N) is 1. The summed E-state index contributed by atoms with van der Waals surface area (Å²) in [4.78, 5) is 27.9. The Balaban J connectivity index is 1.99. The standard InChI is InChI=1S/C23H20F4N2O4/c1-3-22(2,21(31)32)29-20(30)16-10-17(24)14-6-4-5-7-15(14)19(16)33-12-13-8-9-18(28-11-13)23(25,26)27/h4-11H,3,12H2,1-2H3,(H,29,30)(H,31,32). The van der Waals surface area contributed by atoms with Crippen molar-refractivity contribution >= 4 is 22.6 Å². The molecular formula is C23H20F4N2O4. The van der Waals surface area contributed by atoms with E-state index in [4.69, 9.17) is 4.74 Å². The van der Waals surface area contributed by atoms with Crippen LogP contribution in [-0.2, 0) is 17.6 Å². The van der Waals surface area contributed by atoms with Gasteiger partial charge >= 0.3 is 12.1 Å². The van der Waals surface area contributed by atoms with E-state index >= 15 is 0 Å². The van der Waals surface area contributed by atoms with Crippen LogP contribution in [0.15, 0.2) is 48.7 Å². The summed E-state index contributed by atoms with van der Waals surface area (Å²) in [5.74, 6) is -2.88. The Labute approximate surface area is 186 Å². The fraction of sp³-hybridized carbons (Fsp3) is 0.261. The molecule has 0 saturated heterocycles. The molecule has 0 saturated carbocycles. The quantitative estimate of drug-likeness (QED) is 0.483. The van der Waals surface area contributed by atoms with Crippen LogP contribution < -0.4 is 10.1 Å². The molecule has 6 nitrogen and oxygen atoms in total. The van der Waals surface area contributed by atoms with E-state index in [1.165, 1.54) is 25.1 Å². The molecule has 0 aliphatic heterocycles. The number of rotatable bonds is 7. The topological polar surface area (TPSA) is 88.5 Å². The highest BCUT2D eigenvalue weighted by Crippen LogP contribution is 2.33. The second-order valence-corrected chi connectivity index (χ2v) is 7.56. The molecule has 10 heteroatoms. The molecule has 0 radical (unpaired) electrons. The average Bonchev–Trinajstić information content (AvgIpc) is 2.77. The smallest absolute Gasteiger partial charge is 0.433 e. The van der Waals surface area contributed by atoms with Gasteiger partial charge < -0.3 is 15.2 Å². The molecule has 1 amide bonds. The summed E-state index contributed by atoms with van der Waals surface area (Å²) in [5, 5.41) is 12.2. The van der Waals surface area contributed by atoms with Gasteiger partial charge in [-0.2, -0.15) is 13.2 Å². The number of alkyl halides is 3. The molecule has 174 valence electrons. The molecular weight excluding hydrogens is 444 g/mol. The van der Waals surface area contributed by atoms with Crippen LogP contribution in [-0.4, -0.2) is 27.5 Å². The van der Waals surface area contributed by atoms with Crippen LogP contribution >= 0.6 is 0 Å². The van der Waals surface area contributed by atoms with E-state index in [1.807, 2.05) is 0 Å². The molecule has 3 aromatic rings. The predicted molar refractivity (Wildman–Crippen MR) is 111 cm³/mol. The molecule has 2 aromatic carbocycles. The van der Waals surface area contributed by atoms with Crippen molar-refractivity contribution in [2.75, 3.05) is 0 Å². The lowest BCUT2D eigenvalue weighted by atomic mass is 9.97. The van der Waals surface area contributed by atoms with E-state index in [-0.39, 0.29) is 40.7 Å². The average molecular weight is 464 g/mol. The maximum absolute atomic E-state index is 14.7. The molecule has 0 bridgehead atoms. The number of pyridine rings is 1. The van der Waals surface area contributed by atoms with Gasteiger partial charge in [0.25, 0.3) is 5.91 Å². The summed E-state index contributed by atoms with van der Waals surface area (Å²) in [7, 11) is 0. The highest BCUT2D eigenvalue weighted by Gasteiger charge is 2.34. The van der Waals surface area contributed by atoms with Gasteiger partial charge in [-0.1, -0.05) is 37.3 Å². The minimum atomic E-state index is -4.59. The number of halogens is 4. The molecule has 33 heavy (non-hydrogen) atoms. The first kappa shape index (κ1) is 24.0. The third-order valence-corrected chi connectivity index (χ3v) is 5.26. The highest BCUT2D eigenvalue weighted by molar-refractivity contribution is 6.05.